The SMILES string of the molecule is CCCNSc1ccc(Oc2ccnc3cc(OC)ccc23)cc1. The Labute approximate surface area is 146 Å². The van der Waals surface area contributed by atoms with Crippen LogP contribution in [0.2, 0.25) is 0 Å². The molecular formula is C19H20N2O2S. The highest BCUT2D eigenvalue weighted by molar-refractivity contribution is 7.97. The van der Waals surface area contributed by atoms with E-state index in [1.807, 2.05) is 36.4 Å². The Morgan fingerprint density at radius 2 is 1.83 bits per heavy atom. The number of hydrogen-bond donors (Lipinski definition) is 1. The van der Waals surface area contributed by atoms with E-state index in [0.717, 1.165) is 41.1 Å². The fourth-order valence-electron chi connectivity index (χ4n) is 2.26. The number of nitrogens with zero attached hydrogens (tertiary/aromatic N) is 1. The summed E-state index contributed by atoms with van der Waals surface area (Å²) < 4.78 is 14.6. The molecule has 3 aromatic rings. The van der Waals surface area contributed by atoms with E-state index >= 15 is 0 Å². The van der Waals surface area contributed by atoms with Crippen LogP contribution in [0.1, 0.15) is 13.3 Å². The van der Waals surface area contributed by atoms with Gasteiger partial charge in [0.15, 0.2) is 0 Å². The van der Waals surface area contributed by atoms with Gasteiger partial charge in [-0.15, -0.1) is 0 Å². The largest absolute Gasteiger partial charge is 0.497 e. The molecule has 1 aromatic heterocycles. The highest BCUT2D eigenvalue weighted by Crippen LogP contribution is 2.31. The number of benzene rings is 2. The fraction of sp³-hybridized carbons (Fsp3) is 0.211. The Kier molecular flexibility index (Phi) is 5.56. The summed E-state index contributed by atoms with van der Waals surface area (Å²) in [6, 6.07) is 15.7. The molecule has 0 fully saturated rings. The second kappa shape index (κ2) is 8.04. The van der Waals surface area contributed by atoms with Gasteiger partial charge in [-0.1, -0.05) is 6.92 Å². The van der Waals surface area contributed by atoms with Crippen LogP contribution in [0.25, 0.3) is 10.9 Å². The maximum atomic E-state index is 6.04. The first-order valence-electron chi connectivity index (χ1n) is 7.90. The number of ether oxygens (including phenoxy) is 2. The van der Waals surface area contributed by atoms with Crippen molar-refractivity contribution in [2.45, 2.75) is 18.2 Å². The van der Waals surface area contributed by atoms with Crippen molar-refractivity contribution in [1.29, 1.82) is 0 Å². The van der Waals surface area contributed by atoms with Crippen molar-refractivity contribution in [3.05, 3.63) is 54.7 Å². The van der Waals surface area contributed by atoms with Crippen molar-refractivity contribution in [2.24, 2.45) is 0 Å². The number of pyridine rings is 1. The summed E-state index contributed by atoms with van der Waals surface area (Å²) in [4.78, 5) is 5.54. The second-order valence-electron chi connectivity index (χ2n) is 5.26. The van der Waals surface area contributed by atoms with Crippen LogP contribution in [0.4, 0.5) is 0 Å². The molecule has 0 amide bonds. The van der Waals surface area contributed by atoms with Crippen molar-refractivity contribution < 1.29 is 9.47 Å². The lowest BCUT2D eigenvalue weighted by Crippen LogP contribution is -2.02. The molecule has 1 heterocycles. The van der Waals surface area contributed by atoms with Gasteiger partial charge in [0, 0.05) is 29.1 Å². The van der Waals surface area contributed by atoms with Crippen molar-refractivity contribution in [3.8, 4) is 17.2 Å². The summed E-state index contributed by atoms with van der Waals surface area (Å²) >= 11 is 1.64. The Morgan fingerprint density at radius 1 is 1.04 bits per heavy atom. The number of aromatic nitrogens is 1. The van der Waals surface area contributed by atoms with Crippen molar-refractivity contribution in [3.63, 3.8) is 0 Å². The molecular weight excluding hydrogens is 320 g/mol. The van der Waals surface area contributed by atoms with Crippen LogP contribution in [-0.2, 0) is 0 Å². The first kappa shape index (κ1) is 16.6. The van der Waals surface area contributed by atoms with Crippen molar-refractivity contribution in [2.75, 3.05) is 13.7 Å². The lowest BCUT2D eigenvalue weighted by Gasteiger charge is -2.10. The maximum Gasteiger partial charge on any atom is 0.138 e. The number of nitrogens with one attached hydrogen (secondary N) is 1. The average Bonchev–Trinajstić information content (AvgIpc) is 2.63. The maximum absolute atomic E-state index is 6.04. The van der Waals surface area contributed by atoms with E-state index in [4.69, 9.17) is 9.47 Å². The third-order valence-electron chi connectivity index (χ3n) is 3.50. The van der Waals surface area contributed by atoms with Crippen LogP contribution in [0, 0.1) is 0 Å². The molecule has 0 aliphatic rings. The van der Waals surface area contributed by atoms with Gasteiger partial charge in [-0.05, 0) is 60.8 Å². The van der Waals surface area contributed by atoms with Crippen LogP contribution in [0.15, 0.2) is 59.6 Å². The zero-order chi connectivity index (χ0) is 16.8. The smallest absolute Gasteiger partial charge is 0.138 e. The highest BCUT2D eigenvalue weighted by Gasteiger charge is 2.06. The minimum Gasteiger partial charge on any atom is -0.497 e. The zero-order valence-corrected chi connectivity index (χ0v) is 14.6. The third-order valence-corrected chi connectivity index (χ3v) is 4.36. The Bertz CT molecular complexity index is 806. The lowest BCUT2D eigenvalue weighted by molar-refractivity contribution is 0.415. The molecule has 5 heteroatoms. The molecule has 0 aliphatic carbocycles. The van der Waals surface area contributed by atoms with Crippen LogP contribution in [0.5, 0.6) is 17.2 Å². The van der Waals surface area contributed by atoms with Crippen LogP contribution >= 0.6 is 11.9 Å². The molecule has 24 heavy (non-hydrogen) atoms. The van der Waals surface area contributed by atoms with Crippen LogP contribution in [-0.4, -0.2) is 18.6 Å². The van der Waals surface area contributed by atoms with Crippen LogP contribution < -0.4 is 14.2 Å². The highest BCUT2D eigenvalue weighted by atomic mass is 32.2. The van der Waals surface area contributed by atoms with E-state index in [1.54, 1.807) is 25.3 Å². The zero-order valence-electron chi connectivity index (χ0n) is 13.8. The van der Waals surface area contributed by atoms with Crippen LogP contribution in [0.3, 0.4) is 0 Å². The predicted molar refractivity (Wildman–Crippen MR) is 99.0 cm³/mol. The van der Waals surface area contributed by atoms with Crippen molar-refractivity contribution >= 4 is 22.9 Å². The molecule has 0 spiro atoms. The summed E-state index contributed by atoms with van der Waals surface area (Å²) in [5, 5.41) is 0.960. The minimum atomic E-state index is 0.784. The monoisotopic (exact) mass is 340 g/mol. The van der Waals surface area contributed by atoms with E-state index in [2.05, 4.69) is 28.8 Å². The van der Waals surface area contributed by atoms with Gasteiger partial charge >= 0.3 is 0 Å². The van der Waals surface area contributed by atoms with Gasteiger partial charge in [-0.25, -0.2) is 0 Å². The van der Waals surface area contributed by atoms with Gasteiger partial charge in [0.2, 0.25) is 0 Å². The molecule has 0 aliphatic heterocycles. The Balaban J connectivity index is 1.77. The number of fused-ring (bicyclic) bond motifs is 1. The van der Waals surface area contributed by atoms with Gasteiger partial charge < -0.3 is 9.47 Å². The molecule has 0 saturated carbocycles. The molecule has 0 bridgehead atoms. The average molecular weight is 340 g/mol. The molecule has 4 nitrogen and oxygen atoms in total. The topological polar surface area (TPSA) is 43.4 Å². The van der Waals surface area contributed by atoms with E-state index in [9.17, 15) is 0 Å². The van der Waals surface area contributed by atoms with Gasteiger partial charge in [0.1, 0.15) is 17.2 Å². The standard InChI is InChI=1S/C19H20N2O2S/c1-3-11-21-24-16-7-4-14(5-8-16)23-19-10-12-20-18-13-15(22-2)6-9-17(18)19/h4-10,12-13,21H,3,11H2,1-2H3. The summed E-state index contributed by atoms with van der Waals surface area (Å²) in [6.45, 7) is 3.15. The molecule has 0 atom stereocenters. The number of methoxy groups -OCH3 is 1. The normalized spacial score (nSPS) is 10.8. The summed E-state index contributed by atoms with van der Waals surface area (Å²) in [6.07, 6.45) is 2.87. The van der Waals surface area contributed by atoms with Gasteiger partial charge in [-0.3, -0.25) is 9.71 Å². The first-order chi connectivity index (χ1) is 11.8. The molecule has 124 valence electrons. The summed E-state index contributed by atoms with van der Waals surface area (Å²) in [5.41, 5.74) is 0.850. The number of hydrogen-bond acceptors (Lipinski definition) is 5. The van der Waals surface area contributed by atoms with E-state index in [1.165, 1.54) is 4.90 Å². The third kappa shape index (κ3) is 3.99. The van der Waals surface area contributed by atoms with E-state index in [0.29, 0.717) is 0 Å². The first-order valence-corrected chi connectivity index (χ1v) is 8.72. The van der Waals surface area contributed by atoms with Gasteiger partial charge in [0.25, 0.3) is 0 Å². The Hall–Kier alpha value is -2.24. The molecule has 0 radical (unpaired) electrons. The van der Waals surface area contributed by atoms with E-state index < -0.39 is 0 Å². The number of rotatable bonds is 7. The van der Waals surface area contributed by atoms with Gasteiger partial charge in [-0.2, -0.15) is 0 Å². The molecule has 3 rings (SSSR count). The summed E-state index contributed by atoms with van der Waals surface area (Å²) in [7, 11) is 1.65. The molecule has 0 unspecified atom stereocenters. The Morgan fingerprint density at radius 3 is 2.58 bits per heavy atom. The van der Waals surface area contributed by atoms with Gasteiger partial charge in [0.05, 0.1) is 12.6 Å². The predicted octanol–water partition coefficient (Wildman–Crippen LogP) is 5.04. The molecule has 0 saturated heterocycles. The summed E-state index contributed by atoms with van der Waals surface area (Å²) in [5.74, 6) is 2.37. The molecule has 1 N–H and O–H groups in total. The minimum absolute atomic E-state index is 0.784. The van der Waals surface area contributed by atoms with E-state index in [-0.39, 0.29) is 0 Å². The quantitative estimate of drug-likeness (QED) is 0.482. The molecule has 2 aromatic carbocycles. The lowest BCUT2D eigenvalue weighted by atomic mass is 10.2. The fourth-order valence-corrected chi connectivity index (χ4v) is 3.00. The van der Waals surface area contributed by atoms with Crippen molar-refractivity contribution in [1.82, 2.24) is 9.71 Å². The second-order valence-corrected chi connectivity index (χ2v) is 6.23.